The van der Waals surface area contributed by atoms with E-state index in [0.717, 1.165) is 56.3 Å². The fourth-order valence-electron chi connectivity index (χ4n) is 4.22. The number of amides is 1. The predicted octanol–water partition coefficient (Wildman–Crippen LogP) is 2.83. The summed E-state index contributed by atoms with van der Waals surface area (Å²) in [5.74, 6) is 1.40. The number of hydrogen-bond donors (Lipinski definition) is 1. The van der Waals surface area contributed by atoms with Gasteiger partial charge in [-0.05, 0) is 36.2 Å². The number of ether oxygens (including phenoxy) is 3. The van der Waals surface area contributed by atoms with Gasteiger partial charge < -0.3 is 24.8 Å². The first-order valence-electron chi connectivity index (χ1n) is 10.9. The number of carbonyl (C=O) groups is 2. The zero-order valence-electron chi connectivity index (χ0n) is 18.6. The fourth-order valence-corrected chi connectivity index (χ4v) is 4.22. The largest absolute Gasteiger partial charge is 0.494 e. The van der Waals surface area contributed by atoms with Gasteiger partial charge in [0.05, 0.1) is 18.4 Å². The third-order valence-electron chi connectivity index (χ3n) is 5.89. The van der Waals surface area contributed by atoms with Gasteiger partial charge in [0.15, 0.2) is 23.0 Å². The van der Waals surface area contributed by atoms with E-state index in [1.807, 2.05) is 25.1 Å². The van der Waals surface area contributed by atoms with E-state index < -0.39 is 5.91 Å². The van der Waals surface area contributed by atoms with Gasteiger partial charge in [0.2, 0.25) is 6.79 Å². The highest BCUT2D eigenvalue weighted by molar-refractivity contribution is 6.04. The monoisotopic (exact) mass is 439 g/mol. The number of benzene rings is 2. The standard InChI is InChI=1S/C24H29N3O5/c1-3-4-20(28)17-12-18(24(25)29)23(30-2)19(13-17)27-9-7-26(8-10-27)14-16-5-6-21-22(11-16)32-15-31-21/h5-6,11-13H,3-4,7-10,14-15H2,1-2H3,(H2,25,29). The lowest BCUT2D eigenvalue weighted by Crippen LogP contribution is -2.46. The molecule has 8 nitrogen and oxygen atoms in total. The maximum absolute atomic E-state index is 12.6. The molecule has 2 aromatic rings. The minimum atomic E-state index is -0.601. The van der Waals surface area contributed by atoms with Gasteiger partial charge in [0, 0.05) is 44.7 Å². The number of methoxy groups -OCH3 is 1. The molecule has 0 aromatic heterocycles. The van der Waals surface area contributed by atoms with Crippen LogP contribution in [0.4, 0.5) is 5.69 Å². The minimum Gasteiger partial charge on any atom is -0.494 e. The van der Waals surface area contributed by atoms with Crippen LogP contribution < -0.4 is 24.8 Å². The average Bonchev–Trinajstić information content (AvgIpc) is 3.26. The van der Waals surface area contributed by atoms with E-state index in [4.69, 9.17) is 19.9 Å². The number of ketones is 1. The van der Waals surface area contributed by atoms with Crippen LogP contribution in [0.2, 0.25) is 0 Å². The Kier molecular flexibility index (Phi) is 6.50. The molecule has 2 aliphatic rings. The number of anilines is 1. The normalized spacial score (nSPS) is 15.6. The Hall–Kier alpha value is -3.26. The molecule has 8 heteroatoms. The van der Waals surface area contributed by atoms with Gasteiger partial charge in [0.1, 0.15) is 0 Å². The Morgan fingerprint density at radius 2 is 1.81 bits per heavy atom. The molecule has 1 saturated heterocycles. The summed E-state index contributed by atoms with van der Waals surface area (Å²) in [5.41, 5.74) is 8.26. The van der Waals surface area contributed by atoms with Crippen molar-refractivity contribution < 1.29 is 23.8 Å². The molecule has 170 valence electrons. The van der Waals surface area contributed by atoms with E-state index in [0.29, 0.717) is 17.7 Å². The highest BCUT2D eigenvalue weighted by atomic mass is 16.7. The number of piperazine rings is 1. The Balaban J connectivity index is 1.50. The SMILES string of the molecule is CCCC(=O)c1cc(C(N)=O)c(OC)c(N2CCN(Cc3ccc4c(c3)OCO4)CC2)c1. The quantitative estimate of drug-likeness (QED) is 0.632. The molecule has 0 spiro atoms. The van der Waals surface area contributed by atoms with Crippen molar-refractivity contribution in [3.05, 3.63) is 47.0 Å². The second-order valence-electron chi connectivity index (χ2n) is 8.06. The van der Waals surface area contributed by atoms with Crippen LogP contribution in [0.3, 0.4) is 0 Å². The summed E-state index contributed by atoms with van der Waals surface area (Å²) in [6, 6.07) is 9.42. The van der Waals surface area contributed by atoms with Gasteiger partial charge in [-0.2, -0.15) is 0 Å². The first kappa shape index (κ1) is 22.0. The lowest BCUT2D eigenvalue weighted by Gasteiger charge is -2.37. The van der Waals surface area contributed by atoms with Crippen molar-refractivity contribution in [1.29, 1.82) is 0 Å². The number of rotatable bonds is 8. The van der Waals surface area contributed by atoms with Crippen LogP contribution >= 0.6 is 0 Å². The number of fused-ring (bicyclic) bond motifs is 1. The molecule has 0 saturated carbocycles. The number of nitrogens with zero attached hydrogens (tertiary/aromatic N) is 2. The molecule has 0 aliphatic carbocycles. The Morgan fingerprint density at radius 3 is 2.50 bits per heavy atom. The molecule has 2 aromatic carbocycles. The number of hydrogen-bond acceptors (Lipinski definition) is 7. The van der Waals surface area contributed by atoms with Crippen molar-refractivity contribution in [3.8, 4) is 17.2 Å². The molecule has 2 aliphatic heterocycles. The van der Waals surface area contributed by atoms with Gasteiger partial charge in [-0.25, -0.2) is 0 Å². The van der Waals surface area contributed by atoms with Crippen LogP contribution in [-0.4, -0.2) is 56.7 Å². The summed E-state index contributed by atoms with van der Waals surface area (Å²) in [7, 11) is 1.52. The topological polar surface area (TPSA) is 94.3 Å². The third-order valence-corrected chi connectivity index (χ3v) is 5.89. The Morgan fingerprint density at radius 1 is 1.06 bits per heavy atom. The Labute approximate surface area is 187 Å². The minimum absolute atomic E-state index is 0.000321. The molecule has 0 bridgehead atoms. The van der Waals surface area contributed by atoms with Crippen molar-refractivity contribution in [2.24, 2.45) is 5.73 Å². The maximum Gasteiger partial charge on any atom is 0.252 e. The maximum atomic E-state index is 12.6. The van der Waals surface area contributed by atoms with Crippen molar-refractivity contribution >= 4 is 17.4 Å². The smallest absolute Gasteiger partial charge is 0.252 e. The van der Waals surface area contributed by atoms with Crippen molar-refractivity contribution in [3.63, 3.8) is 0 Å². The van der Waals surface area contributed by atoms with Gasteiger partial charge in [-0.3, -0.25) is 14.5 Å². The fraction of sp³-hybridized carbons (Fsp3) is 0.417. The molecule has 32 heavy (non-hydrogen) atoms. The second kappa shape index (κ2) is 9.48. The number of nitrogens with two attached hydrogens (primary N) is 1. The molecule has 0 atom stereocenters. The highest BCUT2D eigenvalue weighted by Crippen LogP contribution is 2.36. The number of carbonyl (C=O) groups excluding carboxylic acids is 2. The van der Waals surface area contributed by atoms with Gasteiger partial charge in [-0.1, -0.05) is 13.0 Å². The van der Waals surface area contributed by atoms with Crippen molar-refractivity contribution in [2.75, 3.05) is 45.0 Å². The molecule has 2 heterocycles. The van der Waals surface area contributed by atoms with E-state index >= 15 is 0 Å². The van der Waals surface area contributed by atoms with E-state index in [-0.39, 0.29) is 18.1 Å². The number of primary amides is 1. The van der Waals surface area contributed by atoms with Gasteiger partial charge in [-0.15, -0.1) is 0 Å². The summed E-state index contributed by atoms with van der Waals surface area (Å²) >= 11 is 0. The zero-order valence-corrected chi connectivity index (χ0v) is 18.6. The van der Waals surface area contributed by atoms with Crippen LogP contribution in [0, 0.1) is 0 Å². The van der Waals surface area contributed by atoms with E-state index in [2.05, 4.69) is 15.9 Å². The van der Waals surface area contributed by atoms with Gasteiger partial charge in [0.25, 0.3) is 5.91 Å². The molecule has 2 N–H and O–H groups in total. The molecular formula is C24H29N3O5. The summed E-state index contributed by atoms with van der Waals surface area (Å²) in [5, 5.41) is 0. The summed E-state index contributed by atoms with van der Waals surface area (Å²) in [6.07, 6.45) is 1.16. The highest BCUT2D eigenvalue weighted by Gasteiger charge is 2.25. The molecular weight excluding hydrogens is 410 g/mol. The zero-order chi connectivity index (χ0) is 22.7. The molecule has 4 rings (SSSR count). The summed E-state index contributed by atoms with van der Waals surface area (Å²) in [6.45, 7) is 6.18. The Bertz CT molecular complexity index is 1010. The molecule has 0 unspecified atom stereocenters. The first-order valence-corrected chi connectivity index (χ1v) is 10.9. The second-order valence-corrected chi connectivity index (χ2v) is 8.06. The predicted molar refractivity (Wildman–Crippen MR) is 121 cm³/mol. The molecule has 1 fully saturated rings. The average molecular weight is 440 g/mol. The summed E-state index contributed by atoms with van der Waals surface area (Å²) in [4.78, 5) is 29.1. The van der Waals surface area contributed by atoms with Crippen LogP contribution in [0.15, 0.2) is 30.3 Å². The molecule has 0 radical (unpaired) electrons. The van der Waals surface area contributed by atoms with E-state index in [1.54, 1.807) is 6.07 Å². The lowest BCUT2D eigenvalue weighted by molar-refractivity contribution is 0.0981. The van der Waals surface area contributed by atoms with Gasteiger partial charge >= 0.3 is 0 Å². The van der Waals surface area contributed by atoms with Crippen molar-refractivity contribution in [2.45, 2.75) is 26.3 Å². The van der Waals surface area contributed by atoms with Crippen LogP contribution in [0.1, 0.15) is 46.0 Å². The van der Waals surface area contributed by atoms with Crippen LogP contribution in [-0.2, 0) is 6.54 Å². The van der Waals surface area contributed by atoms with Crippen LogP contribution in [0.5, 0.6) is 17.2 Å². The summed E-state index contributed by atoms with van der Waals surface area (Å²) < 4.78 is 16.4. The first-order chi connectivity index (χ1) is 15.5. The van der Waals surface area contributed by atoms with Crippen molar-refractivity contribution in [1.82, 2.24) is 4.90 Å². The molecule has 1 amide bonds. The van der Waals surface area contributed by atoms with Crippen LogP contribution in [0.25, 0.3) is 0 Å². The lowest BCUT2D eigenvalue weighted by atomic mass is 10.0. The van der Waals surface area contributed by atoms with E-state index in [1.165, 1.54) is 12.7 Å². The van der Waals surface area contributed by atoms with E-state index in [9.17, 15) is 9.59 Å². The third kappa shape index (κ3) is 4.50. The number of Topliss-reactive ketones (excluding diaryl/α,β-unsaturated/α-hetero) is 1.